The zero-order chi connectivity index (χ0) is 13.1. The fraction of sp³-hybridized carbons (Fsp3) is 0.333. The summed E-state index contributed by atoms with van der Waals surface area (Å²) < 4.78 is 0. The average Bonchev–Trinajstić information content (AvgIpc) is 2.47. The molecule has 0 atom stereocenters. The van der Waals surface area contributed by atoms with Crippen molar-refractivity contribution >= 4 is 17.3 Å². The molecule has 0 amide bonds. The van der Waals surface area contributed by atoms with Gasteiger partial charge in [-0.3, -0.25) is 4.98 Å². The summed E-state index contributed by atoms with van der Waals surface area (Å²) in [6, 6.07) is 8.54. The second kappa shape index (κ2) is 5.26. The van der Waals surface area contributed by atoms with Crippen molar-refractivity contribution in [2.45, 2.75) is 19.8 Å². The Bertz CT molecular complexity index is 568. The van der Waals surface area contributed by atoms with Crippen molar-refractivity contribution in [2.75, 3.05) is 23.3 Å². The van der Waals surface area contributed by atoms with E-state index in [-0.39, 0.29) is 0 Å². The Balaban J connectivity index is 1.97. The molecule has 0 fully saturated rings. The van der Waals surface area contributed by atoms with Gasteiger partial charge in [-0.1, -0.05) is 18.2 Å². The van der Waals surface area contributed by atoms with Crippen LogP contribution in [0.2, 0.25) is 0 Å². The highest BCUT2D eigenvalue weighted by atomic mass is 15.2. The van der Waals surface area contributed by atoms with Crippen LogP contribution in [0.1, 0.15) is 18.9 Å². The molecular formula is C15H18N4. The summed E-state index contributed by atoms with van der Waals surface area (Å²) in [5.74, 6) is 1.76. The second-order valence-electron chi connectivity index (χ2n) is 4.68. The molecule has 0 saturated carbocycles. The lowest BCUT2D eigenvalue weighted by Gasteiger charge is -2.30. The molecule has 0 spiro atoms. The molecule has 2 heterocycles. The number of para-hydroxylation sites is 1. The number of nitrogens with zero attached hydrogens (tertiary/aromatic N) is 3. The summed E-state index contributed by atoms with van der Waals surface area (Å²) in [6.45, 7) is 3.92. The molecule has 0 saturated heterocycles. The number of benzene rings is 1. The maximum absolute atomic E-state index is 4.64. The van der Waals surface area contributed by atoms with E-state index in [2.05, 4.69) is 51.4 Å². The molecule has 1 N–H and O–H groups in total. The molecule has 2 aromatic rings. The molecule has 4 nitrogen and oxygen atoms in total. The number of anilines is 3. The van der Waals surface area contributed by atoms with Gasteiger partial charge in [-0.25, -0.2) is 4.98 Å². The SMILES string of the molecule is CCNc1cncc(N2CCCc3ccccc32)n1. The summed E-state index contributed by atoms with van der Waals surface area (Å²) in [5, 5.41) is 3.21. The third-order valence-corrected chi connectivity index (χ3v) is 3.37. The highest BCUT2D eigenvalue weighted by Gasteiger charge is 2.18. The first-order valence-corrected chi connectivity index (χ1v) is 6.80. The van der Waals surface area contributed by atoms with Crippen LogP contribution in [0.3, 0.4) is 0 Å². The topological polar surface area (TPSA) is 41.1 Å². The zero-order valence-corrected chi connectivity index (χ0v) is 11.1. The van der Waals surface area contributed by atoms with Crippen LogP contribution in [0.25, 0.3) is 0 Å². The van der Waals surface area contributed by atoms with E-state index < -0.39 is 0 Å². The second-order valence-corrected chi connectivity index (χ2v) is 4.68. The largest absolute Gasteiger partial charge is 0.369 e. The van der Waals surface area contributed by atoms with E-state index in [1.807, 2.05) is 6.20 Å². The molecule has 1 aliphatic heterocycles. The fourth-order valence-corrected chi connectivity index (χ4v) is 2.52. The fourth-order valence-electron chi connectivity index (χ4n) is 2.52. The van der Waals surface area contributed by atoms with Gasteiger partial charge in [0.1, 0.15) is 5.82 Å². The quantitative estimate of drug-likeness (QED) is 0.914. The minimum atomic E-state index is 0.836. The van der Waals surface area contributed by atoms with E-state index in [0.717, 1.165) is 37.6 Å². The lowest BCUT2D eigenvalue weighted by atomic mass is 10.0. The highest BCUT2D eigenvalue weighted by molar-refractivity contribution is 5.65. The van der Waals surface area contributed by atoms with Crippen molar-refractivity contribution in [1.29, 1.82) is 0 Å². The maximum Gasteiger partial charge on any atom is 0.153 e. The molecule has 1 aromatic carbocycles. The summed E-state index contributed by atoms with van der Waals surface area (Å²) in [5.41, 5.74) is 2.65. The molecule has 1 aromatic heterocycles. The van der Waals surface area contributed by atoms with Crippen molar-refractivity contribution in [3.8, 4) is 0 Å². The number of hydrogen-bond acceptors (Lipinski definition) is 4. The standard InChI is InChI=1S/C15H18N4/c1-2-17-14-10-16-11-15(18-14)19-9-5-7-12-6-3-4-8-13(12)19/h3-4,6,8,10-11H,2,5,7,9H2,1H3,(H,17,18). The van der Waals surface area contributed by atoms with Gasteiger partial charge in [0, 0.05) is 18.8 Å². The van der Waals surface area contributed by atoms with E-state index in [9.17, 15) is 0 Å². The van der Waals surface area contributed by atoms with E-state index in [1.165, 1.54) is 11.3 Å². The number of hydrogen-bond donors (Lipinski definition) is 1. The van der Waals surface area contributed by atoms with Crippen molar-refractivity contribution in [3.05, 3.63) is 42.2 Å². The molecule has 0 unspecified atom stereocenters. The van der Waals surface area contributed by atoms with E-state index in [1.54, 1.807) is 6.20 Å². The third-order valence-electron chi connectivity index (χ3n) is 3.37. The zero-order valence-electron chi connectivity index (χ0n) is 11.1. The Morgan fingerprint density at radius 2 is 2.16 bits per heavy atom. The Labute approximate surface area is 113 Å². The Morgan fingerprint density at radius 3 is 3.05 bits per heavy atom. The molecule has 0 bridgehead atoms. The first kappa shape index (κ1) is 12.0. The first-order chi connectivity index (χ1) is 9.38. The Hall–Kier alpha value is -2.10. The molecule has 19 heavy (non-hydrogen) atoms. The summed E-state index contributed by atoms with van der Waals surface area (Å²) in [7, 11) is 0. The minimum Gasteiger partial charge on any atom is -0.369 e. The lowest BCUT2D eigenvalue weighted by molar-refractivity contribution is 0.758. The van der Waals surface area contributed by atoms with Crippen LogP contribution >= 0.6 is 0 Å². The van der Waals surface area contributed by atoms with Crippen LogP contribution in [-0.4, -0.2) is 23.1 Å². The molecular weight excluding hydrogens is 236 g/mol. The van der Waals surface area contributed by atoms with Crippen molar-refractivity contribution in [1.82, 2.24) is 9.97 Å². The Morgan fingerprint density at radius 1 is 1.26 bits per heavy atom. The number of nitrogens with one attached hydrogen (secondary N) is 1. The normalized spacial score (nSPS) is 14.1. The van der Waals surface area contributed by atoms with Gasteiger partial charge in [-0.05, 0) is 31.4 Å². The number of aromatic nitrogens is 2. The number of fused-ring (bicyclic) bond motifs is 1. The van der Waals surface area contributed by atoms with Gasteiger partial charge in [-0.2, -0.15) is 0 Å². The van der Waals surface area contributed by atoms with Crippen LogP contribution in [0.5, 0.6) is 0 Å². The van der Waals surface area contributed by atoms with Crippen molar-refractivity contribution in [3.63, 3.8) is 0 Å². The van der Waals surface area contributed by atoms with Crippen LogP contribution in [0.15, 0.2) is 36.7 Å². The van der Waals surface area contributed by atoms with Gasteiger partial charge in [-0.15, -0.1) is 0 Å². The molecule has 98 valence electrons. The van der Waals surface area contributed by atoms with E-state index in [4.69, 9.17) is 0 Å². The molecule has 4 heteroatoms. The van der Waals surface area contributed by atoms with Gasteiger partial charge >= 0.3 is 0 Å². The maximum atomic E-state index is 4.64. The van der Waals surface area contributed by atoms with Gasteiger partial charge in [0.15, 0.2) is 5.82 Å². The summed E-state index contributed by atoms with van der Waals surface area (Å²) in [4.78, 5) is 11.2. The molecule has 1 aliphatic rings. The van der Waals surface area contributed by atoms with Crippen LogP contribution in [-0.2, 0) is 6.42 Å². The van der Waals surface area contributed by atoms with Gasteiger partial charge < -0.3 is 10.2 Å². The summed E-state index contributed by atoms with van der Waals surface area (Å²) >= 11 is 0. The van der Waals surface area contributed by atoms with Crippen molar-refractivity contribution < 1.29 is 0 Å². The lowest BCUT2D eigenvalue weighted by Crippen LogP contribution is -2.25. The van der Waals surface area contributed by atoms with E-state index in [0.29, 0.717) is 0 Å². The predicted octanol–water partition coefficient (Wildman–Crippen LogP) is 2.99. The van der Waals surface area contributed by atoms with Gasteiger partial charge in [0.25, 0.3) is 0 Å². The van der Waals surface area contributed by atoms with Crippen molar-refractivity contribution in [2.24, 2.45) is 0 Å². The summed E-state index contributed by atoms with van der Waals surface area (Å²) in [6.07, 6.45) is 5.91. The Kier molecular flexibility index (Phi) is 3.31. The molecule has 0 aliphatic carbocycles. The van der Waals surface area contributed by atoms with Gasteiger partial charge in [0.05, 0.1) is 12.4 Å². The monoisotopic (exact) mass is 254 g/mol. The predicted molar refractivity (Wildman–Crippen MR) is 78.0 cm³/mol. The highest BCUT2D eigenvalue weighted by Crippen LogP contribution is 2.32. The molecule has 0 radical (unpaired) electrons. The minimum absolute atomic E-state index is 0.836. The van der Waals surface area contributed by atoms with Crippen LogP contribution < -0.4 is 10.2 Å². The smallest absolute Gasteiger partial charge is 0.153 e. The average molecular weight is 254 g/mol. The first-order valence-electron chi connectivity index (χ1n) is 6.80. The van der Waals surface area contributed by atoms with E-state index >= 15 is 0 Å². The number of rotatable bonds is 3. The van der Waals surface area contributed by atoms with Crippen LogP contribution in [0.4, 0.5) is 17.3 Å². The third kappa shape index (κ3) is 2.38. The number of aryl methyl sites for hydroxylation is 1. The van der Waals surface area contributed by atoms with Crippen LogP contribution in [0, 0.1) is 0 Å². The van der Waals surface area contributed by atoms with Gasteiger partial charge in [0.2, 0.25) is 0 Å². The molecule has 3 rings (SSSR count).